The molecule has 0 bridgehead atoms. The highest BCUT2D eigenvalue weighted by atomic mass is 16.5. The fourth-order valence-electron chi connectivity index (χ4n) is 3.50. The summed E-state index contributed by atoms with van der Waals surface area (Å²) in [5.41, 5.74) is 9.39. The van der Waals surface area contributed by atoms with Crippen LogP contribution in [0.3, 0.4) is 0 Å². The van der Waals surface area contributed by atoms with Crippen molar-refractivity contribution in [1.82, 2.24) is 29.2 Å². The van der Waals surface area contributed by atoms with Crippen LogP contribution < -0.4 is 11.1 Å². The first-order valence-electron chi connectivity index (χ1n) is 9.16. The van der Waals surface area contributed by atoms with E-state index >= 15 is 0 Å². The number of aliphatic hydroxyl groups is 1. The Kier molecular flexibility index (Phi) is 4.06. The van der Waals surface area contributed by atoms with Gasteiger partial charge in [0.05, 0.1) is 31.2 Å². The van der Waals surface area contributed by atoms with Crippen molar-refractivity contribution in [3.63, 3.8) is 0 Å². The molecule has 144 valence electrons. The maximum absolute atomic E-state index is 8.81. The molecule has 5 rings (SSSR count). The lowest BCUT2D eigenvalue weighted by molar-refractivity contribution is -0.0196. The Labute approximate surface area is 160 Å². The van der Waals surface area contributed by atoms with E-state index in [1.165, 1.54) is 0 Å². The first-order valence-corrected chi connectivity index (χ1v) is 9.16. The van der Waals surface area contributed by atoms with Crippen molar-refractivity contribution in [2.75, 3.05) is 24.3 Å². The smallest absolute Gasteiger partial charge is 0.243 e. The van der Waals surface area contributed by atoms with E-state index in [1.54, 1.807) is 15.2 Å². The van der Waals surface area contributed by atoms with Crippen LogP contribution in [0.5, 0.6) is 0 Å². The molecule has 1 saturated carbocycles. The van der Waals surface area contributed by atoms with Crippen molar-refractivity contribution in [1.29, 1.82) is 0 Å². The number of rotatable bonds is 6. The quantitative estimate of drug-likeness (QED) is 0.451. The van der Waals surface area contributed by atoms with E-state index in [2.05, 4.69) is 25.5 Å². The van der Waals surface area contributed by atoms with Gasteiger partial charge in [-0.2, -0.15) is 10.1 Å². The van der Waals surface area contributed by atoms with Crippen LogP contribution in [0, 0.1) is 0 Å². The van der Waals surface area contributed by atoms with Gasteiger partial charge in [0.2, 0.25) is 5.95 Å². The Hall–Kier alpha value is -3.24. The van der Waals surface area contributed by atoms with Crippen LogP contribution in [0.15, 0.2) is 36.8 Å². The van der Waals surface area contributed by atoms with Crippen LogP contribution in [0.4, 0.5) is 11.8 Å². The summed E-state index contributed by atoms with van der Waals surface area (Å²) in [6.45, 7) is 0.418. The van der Waals surface area contributed by atoms with Gasteiger partial charge >= 0.3 is 0 Å². The predicted molar refractivity (Wildman–Crippen MR) is 103 cm³/mol. The molecule has 1 aliphatic carbocycles. The Morgan fingerprint density at radius 3 is 2.89 bits per heavy atom. The number of nitrogens with zero attached hydrogens (tertiary/aromatic N) is 6. The fraction of sp³-hybridized carbons (Fsp3) is 0.333. The summed E-state index contributed by atoms with van der Waals surface area (Å²) in [7, 11) is 0. The van der Waals surface area contributed by atoms with Crippen molar-refractivity contribution in [2.45, 2.75) is 25.0 Å². The molecule has 0 amide bonds. The standard InChI is InChI=1S/C18H20N8O2/c19-17-16-13(14-3-6-25-15(22-14)1-4-20-25)2-5-26(16)24-18(23-17)21-11-9-12(10-11)28-8-7-27/h1-6,11-12,27H,7-10H2,(H3,19,21,23,24). The summed E-state index contributed by atoms with van der Waals surface area (Å²) < 4.78 is 8.92. The maximum Gasteiger partial charge on any atom is 0.243 e. The molecule has 10 nitrogen and oxygen atoms in total. The summed E-state index contributed by atoms with van der Waals surface area (Å²) in [6.07, 6.45) is 7.30. The van der Waals surface area contributed by atoms with Crippen LogP contribution in [-0.2, 0) is 4.74 Å². The lowest BCUT2D eigenvalue weighted by atomic mass is 9.89. The van der Waals surface area contributed by atoms with Crippen LogP contribution in [0.25, 0.3) is 22.4 Å². The minimum atomic E-state index is 0.0453. The summed E-state index contributed by atoms with van der Waals surface area (Å²) >= 11 is 0. The number of nitrogen functional groups attached to an aromatic ring is 1. The molecule has 10 heteroatoms. The molecular weight excluding hydrogens is 360 g/mol. The molecule has 4 heterocycles. The van der Waals surface area contributed by atoms with Gasteiger partial charge in [0.1, 0.15) is 5.52 Å². The molecule has 0 unspecified atom stereocenters. The van der Waals surface area contributed by atoms with Gasteiger partial charge in [0.25, 0.3) is 0 Å². The maximum atomic E-state index is 8.81. The summed E-state index contributed by atoms with van der Waals surface area (Å²) in [6, 6.07) is 5.91. The molecule has 1 fully saturated rings. The Morgan fingerprint density at radius 2 is 2.04 bits per heavy atom. The lowest BCUT2D eigenvalue weighted by Crippen LogP contribution is -2.41. The van der Waals surface area contributed by atoms with Crippen molar-refractivity contribution in [3.05, 3.63) is 36.8 Å². The van der Waals surface area contributed by atoms with Crippen LogP contribution in [0.2, 0.25) is 0 Å². The highest BCUT2D eigenvalue weighted by Gasteiger charge is 2.30. The third-order valence-corrected chi connectivity index (χ3v) is 4.94. The number of hydrogen-bond acceptors (Lipinski definition) is 8. The van der Waals surface area contributed by atoms with Gasteiger partial charge < -0.3 is 20.9 Å². The minimum Gasteiger partial charge on any atom is -0.394 e. The number of nitrogens with one attached hydrogen (secondary N) is 1. The number of ether oxygens (including phenoxy) is 1. The van der Waals surface area contributed by atoms with E-state index in [0.717, 1.165) is 35.3 Å². The summed E-state index contributed by atoms with van der Waals surface area (Å²) in [5.74, 6) is 0.872. The zero-order chi connectivity index (χ0) is 19.1. The summed E-state index contributed by atoms with van der Waals surface area (Å²) in [5, 5.41) is 20.8. The van der Waals surface area contributed by atoms with Gasteiger partial charge in [-0.3, -0.25) is 0 Å². The van der Waals surface area contributed by atoms with Gasteiger partial charge in [0.15, 0.2) is 11.5 Å². The van der Waals surface area contributed by atoms with Crippen LogP contribution in [-0.4, -0.2) is 59.7 Å². The van der Waals surface area contributed by atoms with Gasteiger partial charge in [-0.25, -0.2) is 14.0 Å². The van der Waals surface area contributed by atoms with Crippen molar-refractivity contribution >= 4 is 22.9 Å². The largest absolute Gasteiger partial charge is 0.394 e. The van der Waals surface area contributed by atoms with E-state index in [9.17, 15) is 0 Å². The SMILES string of the molecule is Nc1nc(NC2CC(OCCO)C2)nn2ccc(-c3ccn4nccc4n3)c12. The first kappa shape index (κ1) is 16.9. The molecule has 0 aromatic carbocycles. The first-order chi connectivity index (χ1) is 13.7. The molecule has 4 aromatic rings. The molecule has 0 atom stereocenters. The molecule has 0 aliphatic heterocycles. The van der Waals surface area contributed by atoms with Gasteiger partial charge in [-0.1, -0.05) is 0 Å². The number of aliphatic hydroxyl groups excluding tert-OH is 1. The Balaban J connectivity index is 1.39. The van der Waals surface area contributed by atoms with Gasteiger partial charge in [-0.05, 0) is 25.0 Å². The third kappa shape index (κ3) is 2.92. The zero-order valence-electron chi connectivity index (χ0n) is 15.1. The van der Waals surface area contributed by atoms with Gasteiger partial charge in [-0.15, -0.1) is 5.10 Å². The molecule has 0 saturated heterocycles. The summed E-state index contributed by atoms with van der Waals surface area (Å²) in [4.78, 5) is 9.05. The molecule has 4 N–H and O–H groups in total. The highest BCUT2D eigenvalue weighted by Crippen LogP contribution is 2.29. The zero-order valence-corrected chi connectivity index (χ0v) is 15.1. The van der Waals surface area contributed by atoms with E-state index in [-0.39, 0.29) is 18.8 Å². The average molecular weight is 380 g/mol. The van der Waals surface area contributed by atoms with E-state index in [4.69, 9.17) is 15.6 Å². The number of hydrogen-bond donors (Lipinski definition) is 3. The molecule has 0 radical (unpaired) electrons. The molecule has 4 aromatic heterocycles. The number of fused-ring (bicyclic) bond motifs is 2. The Morgan fingerprint density at radius 1 is 1.18 bits per heavy atom. The van der Waals surface area contributed by atoms with Crippen molar-refractivity contribution in [2.24, 2.45) is 0 Å². The van der Waals surface area contributed by atoms with Crippen LogP contribution in [0.1, 0.15) is 12.8 Å². The predicted octanol–water partition coefficient (Wildman–Crippen LogP) is 0.973. The normalized spacial score (nSPS) is 19.2. The Bertz CT molecular complexity index is 1130. The van der Waals surface area contributed by atoms with Gasteiger partial charge in [0, 0.05) is 30.1 Å². The third-order valence-electron chi connectivity index (χ3n) is 4.94. The van der Waals surface area contributed by atoms with Crippen LogP contribution >= 0.6 is 0 Å². The second-order valence-corrected chi connectivity index (χ2v) is 6.82. The number of anilines is 2. The fourth-order valence-corrected chi connectivity index (χ4v) is 3.50. The van der Waals surface area contributed by atoms with E-state index in [1.807, 2.05) is 30.6 Å². The average Bonchev–Trinajstić information content (AvgIpc) is 3.29. The second kappa shape index (κ2) is 6.73. The lowest BCUT2D eigenvalue weighted by Gasteiger charge is -2.35. The van der Waals surface area contributed by atoms with Crippen molar-refractivity contribution < 1.29 is 9.84 Å². The highest BCUT2D eigenvalue weighted by molar-refractivity contribution is 5.86. The molecule has 28 heavy (non-hydrogen) atoms. The molecular formula is C18H20N8O2. The monoisotopic (exact) mass is 380 g/mol. The van der Waals surface area contributed by atoms with E-state index in [0.29, 0.717) is 18.4 Å². The molecule has 1 aliphatic rings. The molecule has 0 spiro atoms. The second-order valence-electron chi connectivity index (χ2n) is 6.82. The number of aromatic nitrogens is 6. The minimum absolute atomic E-state index is 0.0453. The van der Waals surface area contributed by atoms with Crippen molar-refractivity contribution in [3.8, 4) is 11.3 Å². The van der Waals surface area contributed by atoms with E-state index < -0.39 is 0 Å². The number of nitrogens with two attached hydrogens (primary N) is 1. The topological polar surface area (TPSA) is 128 Å².